The number of aromatic nitrogens is 2. The molecule has 4 nitrogen and oxygen atoms in total. The van der Waals surface area contributed by atoms with Crippen LogP contribution >= 0.6 is 0 Å². The van der Waals surface area contributed by atoms with Crippen molar-refractivity contribution in [2.24, 2.45) is 0 Å². The standard InChI is InChI=1S/C20H14FN3O/c21-20-12-17-18(10-11-22-19(17)13-23-20)24-14-6-8-16(9-7-14)25-15-4-2-1-3-5-15/h1-13H,(H,22,24). The van der Waals surface area contributed by atoms with Gasteiger partial charge >= 0.3 is 0 Å². The molecule has 0 saturated heterocycles. The Morgan fingerprint density at radius 3 is 2.40 bits per heavy atom. The van der Waals surface area contributed by atoms with Gasteiger partial charge in [-0.05, 0) is 42.5 Å². The van der Waals surface area contributed by atoms with E-state index in [0.29, 0.717) is 10.9 Å². The third-order valence-electron chi connectivity index (χ3n) is 3.71. The number of benzene rings is 2. The van der Waals surface area contributed by atoms with Crippen molar-refractivity contribution in [3.8, 4) is 11.5 Å². The second-order valence-electron chi connectivity index (χ2n) is 5.45. The van der Waals surface area contributed by atoms with Crippen LogP contribution in [-0.4, -0.2) is 9.97 Å². The van der Waals surface area contributed by atoms with E-state index in [2.05, 4.69) is 15.3 Å². The normalized spacial score (nSPS) is 10.6. The number of nitrogens with zero attached hydrogens (tertiary/aromatic N) is 2. The first-order valence-corrected chi connectivity index (χ1v) is 7.78. The highest BCUT2D eigenvalue weighted by Crippen LogP contribution is 2.27. The molecule has 4 aromatic rings. The maximum atomic E-state index is 13.4. The number of rotatable bonds is 4. The molecule has 5 heteroatoms. The number of anilines is 2. The van der Waals surface area contributed by atoms with Crippen LogP contribution in [0, 0.1) is 5.95 Å². The average molecular weight is 331 g/mol. The fraction of sp³-hybridized carbons (Fsp3) is 0. The van der Waals surface area contributed by atoms with E-state index in [1.807, 2.05) is 54.6 Å². The van der Waals surface area contributed by atoms with Crippen molar-refractivity contribution in [1.82, 2.24) is 9.97 Å². The fourth-order valence-electron chi connectivity index (χ4n) is 2.52. The molecule has 122 valence electrons. The number of hydrogen-bond acceptors (Lipinski definition) is 4. The zero-order valence-corrected chi connectivity index (χ0v) is 13.2. The highest BCUT2D eigenvalue weighted by atomic mass is 19.1. The Morgan fingerprint density at radius 2 is 1.60 bits per heavy atom. The van der Waals surface area contributed by atoms with Gasteiger partial charge in [-0.1, -0.05) is 18.2 Å². The summed E-state index contributed by atoms with van der Waals surface area (Å²) in [5.41, 5.74) is 2.27. The Balaban J connectivity index is 1.56. The third kappa shape index (κ3) is 3.40. The Kier molecular flexibility index (Phi) is 3.96. The van der Waals surface area contributed by atoms with Gasteiger partial charge < -0.3 is 10.1 Å². The van der Waals surface area contributed by atoms with Gasteiger partial charge in [-0.2, -0.15) is 4.39 Å². The molecule has 0 aliphatic carbocycles. The summed E-state index contributed by atoms with van der Waals surface area (Å²) in [6.07, 6.45) is 3.09. The first kappa shape index (κ1) is 15.1. The quantitative estimate of drug-likeness (QED) is 0.515. The number of ether oxygens (including phenoxy) is 1. The molecular weight excluding hydrogens is 317 g/mol. The summed E-state index contributed by atoms with van der Waals surface area (Å²) < 4.78 is 19.2. The van der Waals surface area contributed by atoms with E-state index in [1.54, 1.807) is 12.3 Å². The smallest absolute Gasteiger partial charge is 0.213 e. The van der Waals surface area contributed by atoms with Crippen molar-refractivity contribution in [3.63, 3.8) is 0 Å². The molecule has 0 spiro atoms. The lowest BCUT2D eigenvalue weighted by molar-refractivity contribution is 0.483. The van der Waals surface area contributed by atoms with Crippen LogP contribution in [0.25, 0.3) is 10.9 Å². The maximum Gasteiger partial charge on any atom is 0.213 e. The molecule has 2 aromatic heterocycles. The van der Waals surface area contributed by atoms with Crippen molar-refractivity contribution in [2.45, 2.75) is 0 Å². The van der Waals surface area contributed by atoms with Gasteiger partial charge in [-0.25, -0.2) is 4.98 Å². The Labute approximate surface area is 143 Å². The summed E-state index contributed by atoms with van der Waals surface area (Å²) in [6.45, 7) is 0. The van der Waals surface area contributed by atoms with Crippen LogP contribution < -0.4 is 10.1 Å². The highest BCUT2D eigenvalue weighted by Gasteiger charge is 2.05. The number of hydrogen-bond donors (Lipinski definition) is 1. The minimum absolute atomic E-state index is 0.532. The summed E-state index contributed by atoms with van der Waals surface area (Å²) in [6, 6.07) is 20.3. The summed E-state index contributed by atoms with van der Waals surface area (Å²) in [4.78, 5) is 7.83. The monoisotopic (exact) mass is 331 g/mol. The molecular formula is C20H14FN3O. The molecule has 2 aromatic carbocycles. The van der Waals surface area contributed by atoms with Gasteiger partial charge in [0, 0.05) is 29.0 Å². The predicted octanol–water partition coefficient (Wildman–Crippen LogP) is 5.30. The number of fused-ring (bicyclic) bond motifs is 1. The van der Waals surface area contributed by atoms with Crippen molar-refractivity contribution in [2.75, 3.05) is 5.32 Å². The van der Waals surface area contributed by atoms with E-state index in [0.717, 1.165) is 22.9 Å². The molecule has 0 atom stereocenters. The number of para-hydroxylation sites is 1. The van der Waals surface area contributed by atoms with E-state index in [4.69, 9.17) is 4.74 Å². The summed E-state index contributed by atoms with van der Waals surface area (Å²) >= 11 is 0. The molecule has 0 bridgehead atoms. The van der Waals surface area contributed by atoms with Crippen LogP contribution in [0.1, 0.15) is 0 Å². The molecule has 0 amide bonds. The molecule has 4 rings (SSSR count). The number of halogens is 1. The van der Waals surface area contributed by atoms with Crippen LogP contribution in [0.5, 0.6) is 11.5 Å². The van der Waals surface area contributed by atoms with Gasteiger partial charge in [-0.15, -0.1) is 0 Å². The topological polar surface area (TPSA) is 47.0 Å². The van der Waals surface area contributed by atoms with Gasteiger partial charge in [0.2, 0.25) is 5.95 Å². The van der Waals surface area contributed by atoms with Gasteiger partial charge in [0.15, 0.2) is 0 Å². The minimum Gasteiger partial charge on any atom is -0.457 e. The van der Waals surface area contributed by atoms with Gasteiger partial charge in [0.25, 0.3) is 0 Å². The van der Waals surface area contributed by atoms with Crippen molar-refractivity contribution < 1.29 is 9.13 Å². The van der Waals surface area contributed by atoms with Crippen molar-refractivity contribution in [1.29, 1.82) is 0 Å². The van der Waals surface area contributed by atoms with Crippen LogP contribution in [0.3, 0.4) is 0 Å². The molecule has 25 heavy (non-hydrogen) atoms. The first-order chi connectivity index (χ1) is 12.3. The van der Waals surface area contributed by atoms with E-state index in [9.17, 15) is 4.39 Å². The first-order valence-electron chi connectivity index (χ1n) is 7.78. The third-order valence-corrected chi connectivity index (χ3v) is 3.71. The SMILES string of the molecule is Fc1cc2c(Nc3ccc(Oc4ccccc4)cc3)ccnc2cn1. The highest BCUT2D eigenvalue weighted by molar-refractivity contribution is 5.92. The molecule has 0 aliphatic rings. The summed E-state index contributed by atoms with van der Waals surface area (Å²) in [7, 11) is 0. The lowest BCUT2D eigenvalue weighted by Crippen LogP contribution is -1.94. The molecule has 0 aliphatic heterocycles. The van der Waals surface area contributed by atoms with Crippen molar-refractivity contribution >= 4 is 22.3 Å². The molecule has 0 saturated carbocycles. The Hall–Kier alpha value is -3.47. The molecule has 1 N–H and O–H groups in total. The van der Waals surface area contributed by atoms with Gasteiger partial charge in [0.05, 0.1) is 11.7 Å². The predicted molar refractivity (Wildman–Crippen MR) is 95.7 cm³/mol. The second kappa shape index (κ2) is 6.57. The van der Waals surface area contributed by atoms with E-state index in [-0.39, 0.29) is 0 Å². The minimum atomic E-state index is -0.532. The largest absolute Gasteiger partial charge is 0.457 e. The van der Waals surface area contributed by atoms with Crippen molar-refractivity contribution in [3.05, 3.63) is 85.1 Å². The average Bonchev–Trinajstić information content (AvgIpc) is 2.65. The lowest BCUT2D eigenvalue weighted by Gasteiger charge is -2.10. The maximum absolute atomic E-state index is 13.4. The second-order valence-corrected chi connectivity index (χ2v) is 5.45. The van der Waals surface area contributed by atoms with E-state index < -0.39 is 5.95 Å². The van der Waals surface area contributed by atoms with Crippen LogP contribution in [0.4, 0.5) is 15.8 Å². The molecule has 0 fully saturated rings. The fourth-order valence-corrected chi connectivity index (χ4v) is 2.52. The van der Waals surface area contributed by atoms with E-state index in [1.165, 1.54) is 12.3 Å². The molecule has 0 radical (unpaired) electrons. The molecule has 2 heterocycles. The van der Waals surface area contributed by atoms with E-state index >= 15 is 0 Å². The van der Waals surface area contributed by atoms with Gasteiger partial charge in [0.1, 0.15) is 11.5 Å². The zero-order valence-electron chi connectivity index (χ0n) is 13.2. The summed E-state index contributed by atoms with van der Waals surface area (Å²) in [5, 5.41) is 3.96. The van der Waals surface area contributed by atoms with Crippen LogP contribution in [0.2, 0.25) is 0 Å². The number of pyridine rings is 2. The lowest BCUT2D eigenvalue weighted by atomic mass is 10.2. The Morgan fingerprint density at radius 1 is 0.840 bits per heavy atom. The van der Waals surface area contributed by atoms with Crippen LogP contribution in [-0.2, 0) is 0 Å². The zero-order chi connectivity index (χ0) is 17.1. The van der Waals surface area contributed by atoms with Gasteiger partial charge in [-0.3, -0.25) is 4.98 Å². The number of nitrogens with one attached hydrogen (secondary N) is 1. The Bertz CT molecular complexity index is 1000. The summed E-state index contributed by atoms with van der Waals surface area (Å²) in [5.74, 6) is 0.994. The van der Waals surface area contributed by atoms with Crippen LogP contribution in [0.15, 0.2) is 79.1 Å². The molecule has 0 unspecified atom stereocenters.